The Balaban J connectivity index is 1.82. The SMILES string of the molecule is NNC(=O)C1CCC(COc2ccccc2I)O1. The molecule has 1 fully saturated rings. The molecule has 2 unspecified atom stereocenters. The van der Waals surface area contributed by atoms with Crippen LogP contribution >= 0.6 is 22.6 Å². The first-order valence-corrected chi connectivity index (χ1v) is 6.82. The molecule has 98 valence electrons. The number of nitrogens with two attached hydrogens (primary N) is 1. The van der Waals surface area contributed by atoms with Gasteiger partial charge in [0.2, 0.25) is 0 Å². The number of halogens is 1. The van der Waals surface area contributed by atoms with E-state index in [4.69, 9.17) is 15.3 Å². The van der Waals surface area contributed by atoms with Gasteiger partial charge in [0.05, 0.1) is 9.67 Å². The molecule has 3 N–H and O–H groups in total. The Morgan fingerprint density at radius 2 is 2.28 bits per heavy atom. The first-order valence-electron chi connectivity index (χ1n) is 5.74. The van der Waals surface area contributed by atoms with Gasteiger partial charge >= 0.3 is 0 Å². The Labute approximate surface area is 119 Å². The maximum atomic E-state index is 11.3. The van der Waals surface area contributed by atoms with Crippen molar-refractivity contribution < 1.29 is 14.3 Å². The molecule has 1 heterocycles. The van der Waals surface area contributed by atoms with Gasteiger partial charge in [-0.15, -0.1) is 0 Å². The summed E-state index contributed by atoms with van der Waals surface area (Å²) in [5.41, 5.74) is 2.10. The molecule has 0 aromatic heterocycles. The number of carbonyl (C=O) groups is 1. The van der Waals surface area contributed by atoms with E-state index >= 15 is 0 Å². The summed E-state index contributed by atoms with van der Waals surface area (Å²) < 4.78 is 12.3. The van der Waals surface area contributed by atoms with Gasteiger partial charge in [-0.3, -0.25) is 10.2 Å². The van der Waals surface area contributed by atoms with E-state index in [0.29, 0.717) is 13.0 Å². The Hall–Kier alpha value is -0.860. The molecule has 18 heavy (non-hydrogen) atoms. The predicted octanol–water partition coefficient (Wildman–Crippen LogP) is 1.21. The van der Waals surface area contributed by atoms with Crippen LogP contribution in [0.3, 0.4) is 0 Å². The minimum absolute atomic E-state index is 0.0525. The molecule has 0 spiro atoms. The van der Waals surface area contributed by atoms with E-state index in [1.807, 2.05) is 24.3 Å². The number of carbonyl (C=O) groups excluding carboxylic acids is 1. The van der Waals surface area contributed by atoms with Gasteiger partial charge in [-0.1, -0.05) is 12.1 Å². The van der Waals surface area contributed by atoms with Crippen molar-refractivity contribution in [3.05, 3.63) is 27.8 Å². The third kappa shape index (κ3) is 3.33. The lowest BCUT2D eigenvalue weighted by Crippen LogP contribution is -2.39. The second kappa shape index (κ2) is 6.35. The van der Waals surface area contributed by atoms with E-state index in [0.717, 1.165) is 15.7 Å². The fraction of sp³-hybridized carbons (Fsp3) is 0.417. The molecule has 0 bridgehead atoms. The van der Waals surface area contributed by atoms with Crippen molar-refractivity contribution in [1.29, 1.82) is 0 Å². The van der Waals surface area contributed by atoms with Crippen LogP contribution in [0.15, 0.2) is 24.3 Å². The summed E-state index contributed by atoms with van der Waals surface area (Å²) in [5.74, 6) is 5.64. The zero-order valence-electron chi connectivity index (χ0n) is 9.77. The number of benzene rings is 1. The number of hydrazine groups is 1. The van der Waals surface area contributed by atoms with E-state index in [9.17, 15) is 4.79 Å². The highest BCUT2D eigenvalue weighted by Gasteiger charge is 2.30. The van der Waals surface area contributed by atoms with Crippen molar-refractivity contribution in [3.63, 3.8) is 0 Å². The van der Waals surface area contributed by atoms with Crippen LogP contribution in [0.4, 0.5) is 0 Å². The smallest absolute Gasteiger partial charge is 0.263 e. The maximum absolute atomic E-state index is 11.3. The summed E-state index contributed by atoms with van der Waals surface area (Å²) in [6, 6.07) is 7.79. The second-order valence-electron chi connectivity index (χ2n) is 4.07. The summed E-state index contributed by atoms with van der Waals surface area (Å²) in [7, 11) is 0. The molecule has 0 radical (unpaired) electrons. The van der Waals surface area contributed by atoms with Crippen molar-refractivity contribution >= 4 is 28.5 Å². The summed E-state index contributed by atoms with van der Waals surface area (Å²) >= 11 is 2.22. The Kier molecular flexibility index (Phi) is 4.79. The van der Waals surface area contributed by atoms with Gasteiger partial charge in [0.1, 0.15) is 18.5 Å². The molecule has 0 aliphatic carbocycles. The highest BCUT2D eigenvalue weighted by atomic mass is 127. The fourth-order valence-electron chi connectivity index (χ4n) is 1.86. The van der Waals surface area contributed by atoms with Crippen molar-refractivity contribution in [1.82, 2.24) is 5.43 Å². The minimum atomic E-state index is -0.446. The number of para-hydroxylation sites is 1. The average Bonchev–Trinajstić information content (AvgIpc) is 2.86. The Morgan fingerprint density at radius 3 is 3.00 bits per heavy atom. The topological polar surface area (TPSA) is 73.6 Å². The highest BCUT2D eigenvalue weighted by Crippen LogP contribution is 2.23. The number of nitrogens with one attached hydrogen (secondary N) is 1. The molecular formula is C12H15IN2O3. The molecule has 6 heteroatoms. The van der Waals surface area contributed by atoms with E-state index < -0.39 is 6.10 Å². The third-order valence-electron chi connectivity index (χ3n) is 2.80. The van der Waals surface area contributed by atoms with Gasteiger partial charge in [0, 0.05) is 0 Å². The fourth-order valence-corrected chi connectivity index (χ4v) is 2.40. The predicted molar refractivity (Wildman–Crippen MR) is 74.9 cm³/mol. The van der Waals surface area contributed by atoms with Gasteiger partial charge in [0.15, 0.2) is 0 Å². The normalized spacial score (nSPS) is 22.8. The van der Waals surface area contributed by atoms with Crippen LogP contribution in [0.5, 0.6) is 5.75 Å². The van der Waals surface area contributed by atoms with Crippen LogP contribution < -0.4 is 16.0 Å². The Morgan fingerprint density at radius 1 is 1.50 bits per heavy atom. The lowest BCUT2D eigenvalue weighted by Gasteiger charge is -2.14. The zero-order chi connectivity index (χ0) is 13.0. The molecule has 0 saturated carbocycles. The lowest BCUT2D eigenvalue weighted by atomic mass is 10.2. The summed E-state index contributed by atoms with van der Waals surface area (Å²) in [6.45, 7) is 0.453. The number of rotatable bonds is 4. The Bertz CT molecular complexity index is 428. The number of hydrogen-bond acceptors (Lipinski definition) is 4. The van der Waals surface area contributed by atoms with Crippen LogP contribution in [0, 0.1) is 3.57 Å². The summed E-state index contributed by atoms with van der Waals surface area (Å²) in [6.07, 6.45) is 0.992. The molecule has 2 rings (SSSR count). The standard InChI is InChI=1S/C12H15IN2O3/c13-9-3-1-2-4-10(9)17-7-8-5-6-11(18-8)12(16)15-14/h1-4,8,11H,5-7,14H2,(H,15,16). The molecule has 2 atom stereocenters. The number of hydrogen-bond donors (Lipinski definition) is 2. The molecule has 1 amide bonds. The van der Waals surface area contributed by atoms with Crippen molar-refractivity contribution in [2.45, 2.75) is 25.0 Å². The van der Waals surface area contributed by atoms with Crippen LogP contribution in [0.1, 0.15) is 12.8 Å². The average molecular weight is 362 g/mol. The number of amides is 1. The summed E-state index contributed by atoms with van der Waals surface area (Å²) in [4.78, 5) is 11.3. The van der Waals surface area contributed by atoms with E-state index in [2.05, 4.69) is 28.0 Å². The van der Waals surface area contributed by atoms with Gasteiger partial charge in [-0.2, -0.15) is 0 Å². The van der Waals surface area contributed by atoms with Crippen LogP contribution in [-0.4, -0.2) is 24.7 Å². The van der Waals surface area contributed by atoms with Crippen molar-refractivity contribution in [3.8, 4) is 5.75 Å². The van der Waals surface area contributed by atoms with E-state index in [-0.39, 0.29) is 12.0 Å². The van der Waals surface area contributed by atoms with Crippen molar-refractivity contribution in [2.75, 3.05) is 6.61 Å². The lowest BCUT2D eigenvalue weighted by molar-refractivity contribution is -0.132. The van der Waals surface area contributed by atoms with Gasteiger partial charge in [-0.05, 0) is 47.6 Å². The van der Waals surface area contributed by atoms with Gasteiger partial charge in [-0.25, -0.2) is 5.84 Å². The molecule has 1 aromatic carbocycles. The number of ether oxygens (including phenoxy) is 2. The zero-order valence-corrected chi connectivity index (χ0v) is 11.9. The largest absolute Gasteiger partial charge is 0.490 e. The quantitative estimate of drug-likeness (QED) is 0.366. The molecule has 1 aliphatic rings. The van der Waals surface area contributed by atoms with Gasteiger partial charge in [0.25, 0.3) is 5.91 Å². The first kappa shape index (κ1) is 13.6. The monoisotopic (exact) mass is 362 g/mol. The molecule has 1 saturated heterocycles. The molecule has 1 aromatic rings. The van der Waals surface area contributed by atoms with E-state index in [1.165, 1.54) is 0 Å². The van der Waals surface area contributed by atoms with Crippen LogP contribution in [-0.2, 0) is 9.53 Å². The van der Waals surface area contributed by atoms with E-state index in [1.54, 1.807) is 0 Å². The van der Waals surface area contributed by atoms with Crippen LogP contribution in [0.25, 0.3) is 0 Å². The summed E-state index contributed by atoms with van der Waals surface area (Å²) in [5, 5.41) is 0. The maximum Gasteiger partial charge on any atom is 0.263 e. The second-order valence-corrected chi connectivity index (χ2v) is 5.24. The van der Waals surface area contributed by atoms with Crippen LogP contribution in [0.2, 0.25) is 0 Å². The molecular weight excluding hydrogens is 347 g/mol. The molecule has 1 aliphatic heterocycles. The van der Waals surface area contributed by atoms with Gasteiger partial charge < -0.3 is 9.47 Å². The molecule has 5 nitrogen and oxygen atoms in total. The van der Waals surface area contributed by atoms with Crippen molar-refractivity contribution in [2.24, 2.45) is 5.84 Å². The third-order valence-corrected chi connectivity index (χ3v) is 3.69. The minimum Gasteiger partial charge on any atom is -0.490 e. The highest BCUT2D eigenvalue weighted by molar-refractivity contribution is 14.1. The first-order chi connectivity index (χ1) is 8.70.